The Morgan fingerprint density at radius 1 is 1.32 bits per heavy atom. The molecule has 0 radical (unpaired) electrons. The molecule has 0 fully saturated rings. The summed E-state index contributed by atoms with van der Waals surface area (Å²) in [7, 11) is 0. The van der Waals surface area contributed by atoms with E-state index in [2.05, 4.69) is 17.4 Å². The molecule has 5 heteroatoms. The van der Waals surface area contributed by atoms with Gasteiger partial charge in [0, 0.05) is 6.54 Å². The topological polar surface area (TPSA) is 49.3 Å². The van der Waals surface area contributed by atoms with Crippen LogP contribution in [0.4, 0.5) is 4.39 Å². The van der Waals surface area contributed by atoms with Gasteiger partial charge >= 0.3 is 0 Å². The summed E-state index contributed by atoms with van der Waals surface area (Å²) in [5.74, 6) is -0.670. The minimum Gasteiger partial charge on any atom is -0.387 e. The maximum absolute atomic E-state index is 13.5. The molecule has 132 valence electrons. The van der Waals surface area contributed by atoms with Crippen molar-refractivity contribution in [2.24, 2.45) is 5.41 Å². The predicted octanol–water partition coefficient (Wildman–Crippen LogP) is 3.82. The Morgan fingerprint density at radius 2 is 2.04 bits per heavy atom. The Labute approximate surface area is 151 Å². The van der Waals surface area contributed by atoms with Crippen molar-refractivity contribution in [2.45, 2.75) is 32.3 Å². The first kappa shape index (κ1) is 17.9. The first-order valence-corrected chi connectivity index (χ1v) is 8.75. The first-order chi connectivity index (χ1) is 11.9. The van der Waals surface area contributed by atoms with Crippen molar-refractivity contribution >= 4 is 17.5 Å². The van der Waals surface area contributed by atoms with E-state index in [4.69, 9.17) is 11.6 Å². The third kappa shape index (κ3) is 3.86. The largest absolute Gasteiger partial charge is 0.387 e. The second-order valence-electron chi connectivity index (χ2n) is 6.91. The smallest absolute Gasteiger partial charge is 0.226 e. The van der Waals surface area contributed by atoms with Gasteiger partial charge in [-0.2, -0.15) is 0 Å². The van der Waals surface area contributed by atoms with Crippen LogP contribution >= 0.6 is 11.6 Å². The van der Waals surface area contributed by atoms with E-state index in [-0.39, 0.29) is 17.5 Å². The van der Waals surface area contributed by atoms with E-state index in [9.17, 15) is 14.3 Å². The molecule has 2 aromatic rings. The van der Waals surface area contributed by atoms with Gasteiger partial charge in [0.15, 0.2) is 0 Å². The van der Waals surface area contributed by atoms with Gasteiger partial charge in [0.1, 0.15) is 5.82 Å². The van der Waals surface area contributed by atoms with Crippen molar-refractivity contribution in [3.63, 3.8) is 0 Å². The molecule has 2 aromatic carbocycles. The van der Waals surface area contributed by atoms with Crippen molar-refractivity contribution in [2.75, 3.05) is 6.54 Å². The number of amides is 1. The van der Waals surface area contributed by atoms with E-state index in [1.165, 1.54) is 23.3 Å². The average Bonchev–Trinajstić information content (AvgIpc) is 2.61. The molecule has 1 amide bonds. The van der Waals surface area contributed by atoms with Crippen molar-refractivity contribution in [1.29, 1.82) is 0 Å². The summed E-state index contributed by atoms with van der Waals surface area (Å²) in [6, 6.07) is 12.3. The lowest BCUT2D eigenvalue weighted by Crippen LogP contribution is -2.43. The summed E-state index contributed by atoms with van der Waals surface area (Å²) < 4.78 is 13.5. The molecule has 3 rings (SSSR count). The SMILES string of the molecule is CC1(C(=O)NCC(O)c2ccc(Cl)c(F)c2)CCc2ccccc2C1. The van der Waals surface area contributed by atoms with Gasteiger partial charge in [0.2, 0.25) is 5.91 Å². The number of rotatable bonds is 4. The zero-order valence-corrected chi connectivity index (χ0v) is 14.8. The van der Waals surface area contributed by atoms with E-state index < -0.39 is 17.3 Å². The molecule has 0 saturated heterocycles. The molecular formula is C20H21ClFNO2. The molecule has 0 aliphatic heterocycles. The third-order valence-corrected chi connectivity index (χ3v) is 5.28. The van der Waals surface area contributed by atoms with Crippen LogP contribution in [0.15, 0.2) is 42.5 Å². The summed E-state index contributed by atoms with van der Waals surface area (Å²) in [6.07, 6.45) is 1.34. The van der Waals surface area contributed by atoms with Crippen molar-refractivity contribution in [3.8, 4) is 0 Å². The number of fused-ring (bicyclic) bond motifs is 1. The van der Waals surface area contributed by atoms with Gasteiger partial charge in [0.05, 0.1) is 16.5 Å². The lowest BCUT2D eigenvalue weighted by atomic mass is 9.72. The second-order valence-corrected chi connectivity index (χ2v) is 7.31. The number of nitrogens with one attached hydrogen (secondary N) is 1. The molecule has 0 bridgehead atoms. The number of hydrogen-bond donors (Lipinski definition) is 2. The van der Waals surface area contributed by atoms with E-state index in [1.54, 1.807) is 6.07 Å². The maximum Gasteiger partial charge on any atom is 0.226 e. The molecule has 0 saturated carbocycles. The molecule has 0 aromatic heterocycles. The zero-order valence-electron chi connectivity index (χ0n) is 14.1. The van der Waals surface area contributed by atoms with Crippen LogP contribution < -0.4 is 5.32 Å². The normalized spacial score (nSPS) is 20.6. The highest BCUT2D eigenvalue weighted by Gasteiger charge is 2.36. The molecule has 1 aliphatic rings. The van der Waals surface area contributed by atoms with Gasteiger partial charge in [-0.1, -0.05) is 48.9 Å². The highest BCUT2D eigenvalue weighted by Crippen LogP contribution is 2.35. The Balaban J connectivity index is 1.63. The first-order valence-electron chi connectivity index (χ1n) is 8.37. The minimum atomic E-state index is -0.977. The fraction of sp³-hybridized carbons (Fsp3) is 0.350. The van der Waals surface area contributed by atoms with E-state index in [0.717, 1.165) is 12.8 Å². The number of aliphatic hydroxyl groups excluding tert-OH is 1. The highest BCUT2D eigenvalue weighted by atomic mass is 35.5. The monoisotopic (exact) mass is 361 g/mol. The van der Waals surface area contributed by atoms with Crippen LogP contribution in [0.5, 0.6) is 0 Å². The third-order valence-electron chi connectivity index (χ3n) is 4.98. The van der Waals surface area contributed by atoms with Crippen molar-refractivity contribution in [1.82, 2.24) is 5.32 Å². The number of halogens is 2. The number of carbonyl (C=O) groups is 1. The Hall–Kier alpha value is -1.91. The summed E-state index contributed by atoms with van der Waals surface area (Å²) in [6.45, 7) is 1.99. The summed E-state index contributed by atoms with van der Waals surface area (Å²) in [5.41, 5.74) is 2.39. The van der Waals surface area contributed by atoms with Gasteiger partial charge in [-0.05, 0) is 48.1 Å². The van der Waals surface area contributed by atoms with E-state index in [0.29, 0.717) is 12.0 Å². The maximum atomic E-state index is 13.5. The highest BCUT2D eigenvalue weighted by molar-refractivity contribution is 6.30. The minimum absolute atomic E-state index is 0.00775. The van der Waals surface area contributed by atoms with Gasteiger partial charge in [-0.15, -0.1) is 0 Å². The second kappa shape index (κ2) is 7.14. The lowest BCUT2D eigenvalue weighted by molar-refractivity contribution is -0.131. The number of hydrogen-bond acceptors (Lipinski definition) is 2. The number of carbonyl (C=O) groups excluding carboxylic acids is 1. The van der Waals surface area contributed by atoms with Crippen molar-refractivity contribution < 1.29 is 14.3 Å². The molecule has 2 N–H and O–H groups in total. The standard InChI is InChI=1S/C20H21ClFNO2/c1-20(9-8-13-4-2-3-5-15(13)11-20)19(25)23-12-18(24)14-6-7-16(21)17(22)10-14/h2-7,10,18,24H,8-9,11-12H2,1H3,(H,23,25). The average molecular weight is 362 g/mol. The Bertz CT molecular complexity index is 795. The van der Waals surface area contributed by atoms with Crippen LogP contribution in [-0.2, 0) is 17.6 Å². The van der Waals surface area contributed by atoms with E-state index in [1.807, 2.05) is 19.1 Å². The molecular weight excluding hydrogens is 341 g/mol. The van der Waals surface area contributed by atoms with Gasteiger partial charge in [0.25, 0.3) is 0 Å². The van der Waals surface area contributed by atoms with Crippen LogP contribution in [0.3, 0.4) is 0 Å². The van der Waals surface area contributed by atoms with E-state index >= 15 is 0 Å². The summed E-state index contributed by atoms with van der Waals surface area (Å²) >= 11 is 5.65. The van der Waals surface area contributed by atoms with Crippen LogP contribution in [0.25, 0.3) is 0 Å². The van der Waals surface area contributed by atoms with Gasteiger partial charge in [-0.3, -0.25) is 4.79 Å². The molecule has 2 atom stereocenters. The van der Waals surface area contributed by atoms with Crippen LogP contribution in [0, 0.1) is 11.2 Å². The molecule has 25 heavy (non-hydrogen) atoms. The predicted molar refractivity (Wildman–Crippen MR) is 96.0 cm³/mol. The number of benzene rings is 2. The molecule has 0 heterocycles. The zero-order chi connectivity index (χ0) is 18.0. The fourth-order valence-corrected chi connectivity index (χ4v) is 3.44. The Kier molecular flexibility index (Phi) is 5.11. The molecule has 2 unspecified atom stereocenters. The number of aryl methyl sites for hydroxylation is 1. The molecule has 0 spiro atoms. The fourth-order valence-electron chi connectivity index (χ4n) is 3.33. The van der Waals surface area contributed by atoms with Crippen molar-refractivity contribution in [3.05, 3.63) is 70.0 Å². The van der Waals surface area contributed by atoms with Gasteiger partial charge in [-0.25, -0.2) is 4.39 Å². The summed E-state index contributed by atoms with van der Waals surface area (Å²) in [4.78, 5) is 12.7. The summed E-state index contributed by atoms with van der Waals surface area (Å²) in [5, 5.41) is 13.0. The molecule has 1 aliphatic carbocycles. The van der Waals surface area contributed by atoms with Crippen LogP contribution in [0.2, 0.25) is 5.02 Å². The Morgan fingerprint density at radius 3 is 2.76 bits per heavy atom. The van der Waals surface area contributed by atoms with Crippen LogP contribution in [0.1, 0.15) is 36.1 Å². The number of aliphatic hydroxyl groups is 1. The molecule has 3 nitrogen and oxygen atoms in total. The van der Waals surface area contributed by atoms with Gasteiger partial charge < -0.3 is 10.4 Å². The quantitative estimate of drug-likeness (QED) is 0.869. The lowest BCUT2D eigenvalue weighted by Gasteiger charge is -2.33. The van der Waals surface area contributed by atoms with Crippen LogP contribution in [-0.4, -0.2) is 17.6 Å².